The molecule has 0 aliphatic carbocycles. The number of ether oxygens (including phenoxy) is 2. The lowest BCUT2D eigenvalue weighted by Gasteiger charge is -2.40. The van der Waals surface area contributed by atoms with Crippen LogP contribution in [0.25, 0.3) is 21.8 Å². The minimum absolute atomic E-state index is 0.268. The number of aromatic nitrogens is 2. The zero-order valence-electron chi connectivity index (χ0n) is 22.7. The highest BCUT2D eigenvalue weighted by molar-refractivity contribution is 7.13. The molecule has 2 N–H and O–H groups in total. The van der Waals surface area contributed by atoms with Gasteiger partial charge in [0.1, 0.15) is 11.4 Å². The Bertz CT molecular complexity index is 1600. The molecule has 3 heterocycles. The number of benzene rings is 2. The summed E-state index contributed by atoms with van der Waals surface area (Å²) in [6, 6.07) is 16.2. The van der Waals surface area contributed by atoms with Crippen molar-refractivity contribution in [2.45, 2.75) is 44.8 Å². The number of H-pyrrole nitrogens is 1. The maximum absolute atomic E-state index is 13.9. The van der Waals surface area contributed by atoms with E-state index < -0.39 is 23.1 Å². The van der Waals surface area contributed by atoms with Gasteiger partial charge in [0.25, 0.3) is 5.91 Å². The van der Waals surface area contributed by atoms with Crippen molar-refractivity contribution < 1.29 is 23.6 Å². The summed E-state index contributed by atoms with van der Waals surface area (Å²) in [5.74, 6) is -0.0820. The molecule has 0 atom stereocenters. The van der Waals surface area contributed by atoms with Gasteiger partial charge in [-0.2, -0.15) is 0 Å². The highest BCUT2D eigenvalue weighted by Crippen LogP contribution is 2.34. The van der Waals surface area contributed by atoms with Crippen LogP contribution in [0.1, 0.15) is 33.6 Å². The number of carbonyl (C=O) groups excluding carboxylic acids is 2. The molecular weight excluding hydrogens is 568 g/mol. The van der Waals surface area contributed by atoms with Crippen molar-refractivity contribution in [3.05, 3.63) is 75.6 Å². The van der Waals surface area contributed by atoms with Crippen LogP contribution in [0.15, 0.2) is 69.3 Å². The number of amides is 2. The Morgan fingerprint density at radius 2 is 1.83 bits per heavy atom. The van der Waals surface area contributed by atoms with Gasteiger partial charge in [0.15, 0.2) is 11.4 Å². The fraction of sp³-hybridized carbons (Fsp3) is 0.310. The monoisotopic (exact) mass is 596 g/mol. The van der Waals surface area contributed by atoms with Crippen molar-refractivity contribution in [3.8, 4) is 27.6 Å². The van der Waals surface area contributed by atoms with Crippen LogP contribution in [0.2, 0.25) is 5.02 Å². The minimum atomic E-state index is -1.23. The maximum atomic E-state index is 13.9. The normalized spacial score (nSPS) is 14.9. The van der Waals surface area contributed by atoms with Crippen molar-refractivity contribution in [2.24, 2.45) is 0 Å². The zero-order chi connectivity index (χ0) is 29.2. The van der Waals surface area contributed by atoms with E-state index in [9.17, 15) is 14.4 Å². The summed E-state index contributed by atoms with van der Waals surface area (Å²) >= 11 is 7.46. The number of anilines is 1. The van der Waals surface area contributed by atoms with E-state index >= 15 is 0 Å². The average Bonchev–Trinajstić information content (AvgIpc) is 3.59. The van der Waals surface area contributed by atoms with Crippen LogP contribution in [-0.2, 0) is 9.53 Å². The second-order valence-corrected chi connectivity index (χ2v) is 12.0. The molecule has 214 valence electrons. The molecule has 1 fully saturated rings. The number of carbonyl (C=O) groups is 2. The molecular formula is C29H29ClN4O6S. The Balaban J connectivity index is 1.35. The summed E-state index contributed by atoms with van der Waals surface area (Å²) in [7, 11) is 0. The molecule has 0 unspecified atom stereocenters. The van der Waals surface area contributed by atoms with Gasteiger partial charge in [-0.15, -0.1) is 11.3 Å². The van der Waals surface area contributed by atoms with Crippen LogP contribution in [0, 0.1) is 0 Å². The molecule has 41 heavy (non-hydrogen) atoms. The molecule has 0 saturated carbocycles. The van der Waals surface area contributed by atoms with Crippen molar-refractivity contribution in [1.29, 1.82) is 0 Å². The number of thiophene rings is 1. The van der Waals surface area contributed by atoms with E-state index in [1.54, 1.807) is 35.2 Å². The highest BCUT2D eigenvalue weighted by atomic mass is 35.5. The van der Waals surface area contributed by atoms with E-state index in [0.29, 0.717) is 22.3 Å². The quantitative estimate of drug-likeness (QED) is 0.271. The number of rotatable bonds is 6. The van der Waals surface area contributed by atoms with Crippen LogP contribution >= 0.6 is 22.9 Å². The molecule has 12 heteroatoms. The minimum Gasteiger partial charge on any atom is -0.477 e. The smallest absolute Gasteiger partial charge is 0.439 e. The van der Waals surface area contributed by atoms with Gasteiger partial charge in [-0.1, -0.05) is 28.9 Å². The molecule has 1 aliphatic rings. The fourth-order valence-electron chi connectivity index (χ4n) is 4.45. The number of halogens is 1. The van der Waals surface area contributed by atoms with Crippen molar-refractivity contribution >= 4 is 40.6 Å². The molecule has 0 bridgehead atoms. The average molecular weight is 597 g/mol. The summed E-state index contributed by atoms with van der Waals surface area (Å²) in [6.07, 6.45) is 0.115. The molecule has 4 aromatic rings. The number of likely N-dealkylation sites (tertiary alicyclic amines) is 1. The lowest BCUT2D eigenvalue weighted by Crippen LogP contribution is -2.56. The number of nitrogens with one attached hydrogen (secondary N) is 2. The molecule has 1 aliphatic heterocycles. The Kier molecular flexibility index (Phi) is 7.92. The van der Waals surface area contributed by atoms with Gasteiger partial charge in [-0.3, -0.25) is 14.3 Å². The fourth-order valence-corrected chi connectivity index (χ4v) is 5.43. The second-order valence-electron chi connectivity index (χ2n) is 10.7. The Morgan fingerprint density at radius 1 is 1.10 bits per heavy atom. The van der Waals surface area contributed by atoms with Gasteiger partial charge in [-0.25, -0.2) is 9.59 Å². The van der Waals surface area contributed by atoms with Crippen LogP contribution < -0.4 is 15.8 Å². The number of aromatic amines is 1. The largest absolute Gasteiger partial charge is 0.477 e. The second kappa shape index (κ2) is 11.4. The molecule has 2 aromatic heterocycles. The summed E-state index contributed by atoms with van der Waals surface area (Å²) in [5, 5.41) is 9.25. The molecule has 2 amide bonds. The van der Waals surface area contributed by atoms with Crippen molar-refractivity contribution in [2.75, 3.05) is 18.4 Å². The first kappa shape index (κ1) is 28.4. The number of nitrogens with zero attached hydrogens (tertiary/aromatic N) is 2. The first-order chi connectivity index (χ1) is 19.5. The Morgan fingerprint density at radius 3 is 2.49 bits per heavy atom. The van der Waals surface area contributed by atoms with Crippen LogP contribution in [0.5, 0.6) is 5.75 Å². The SMILES string of the molecule is CC(C)(C)OC(=O)N1CCC(Oc2ccc(Cl)cc2)(C(=O)Nc2cccc(-c3csc(-c4noc(=O)[nH]4)c3)c2)CC1. The van der Waals surface area contributed by atoms with Crippen LogP contribution in [-0.4, -0.2) is 51.3 Å². The van der Waals surface area contributed by atoms with Gasteiger partial charge >= 0.3 is 11.8 Å². The molecule has 1 saturated heterocycles. The van der Waals surface area contributed by atoms with Gasteiger partial charge in [0.2, 0.25) is 0 Å². The topological polar surface area (TPSA) is 127 Å². The van der Waals surface area contributed by atoms with Crippen molar-refractivity contribution in [1.82, 2.24) is 15.0 Å². The predicted molar refractivity (Wildman–Crippen MR) is 156 cm³/mol. The summed E-state index contributed by atoms with van der Waals surface area (Å²) < 4.78 is 16.5. The third-order valence-corrected chi connectivity index (χ3v) is 7.68. The van der Waals surface area contributed by atoms with E-state index in [-0.39, 0.29) is 31.8 Å². The molecule has 2 aromatic carbocycles. The lowest BCUT2D eigenvalue weighted by molar-refractivity contribution is -0.135. The highest BCUT2D eigenvalue weighted by Gasteiger charge is 2.45. The third-order valence-electron chi connectivity index (χ3n) is 6.49. The van der Waals surface area contributed by atoms with Crippen LogP contribution in [0.3, 0.4) is 0 Å². The van der Waals surface area contributed by atoms with Gasteiger partial charge in [0.05, 0.1) is 4.88 Å². The summed E-state index contributed by atoms with van der Waals surface area (Å²) in [6.45, 7) is 6.03. The Hall–Kier alpha value is -4.09. The van der Waals surface area contributed by atoms with Gasteiger partial charge in [-0.05, 0) is 79.7 Å². The lowest BCUT2D eigenvalue weighted by atomic mass is 9.89. The third kappa shape index (κ3) is 6.80. The van der Waals surface area contributed by atoms with E-state index in [1.807, 2.05) is 50.4 Å². The van der Waals surface area contributed by atoms with E-state index in [0.717, 1.165) is 16.0 Å². The zero-order valence-corrected chi connectivity index (χ0v) is 24.3. The summed E-state index contributed by atoms with van der Waals surface area (Å²) in [5.41, 5.74) is 0.495. The predicted octanol–water partition coefficient (Wildman–Crippen LogP) is 6.20. The standard InChI is InChI=1S/C29H29ClN4O6S/c1-28(2,3)39-27(37)34-13-11-29(12-14-34,38-22-9-7-20(30)8-10-22)25(35)31-21-6-4-5-18(15-21)19-16-23(41-17-19)24-32-26(36)40-33-24/h4-10,15-17H,11-14H2,1-3H3,(H,31,35)(H,32,33,36). The van der Waals surface area contributed by atoms with Crippen molar-refractivity contribution in [3.63, 3.8) is 0 Å². The number of piperidine rings is 1. The van der Waals surface area contributed by atoms with Gasteiger partial charge in [0, 0.05) is 36.6 Å². The molecule has 5 rings (SSSR count). The molecule has 0 radical (unpaired) electrons. The molecule has 10 nitrogen and oxygen atoms in total. The van der Waals surface area contributed by atoms with E-state index in [2.05, 4.69) is 20.0 Å². The number of hydrogen-bond acceptors (Lipinski definition) is 8. The van der Waals surface area contributed by atoms with Crippen LogP contribution in [0.4, 0.5) is 10.5 Å². The van der Waals surface area contributed by atoms with E-state index in [1.165, 1.54) is 11.3 Å². The Labute approximate surface area is 245 Å². The molecule has 0 spiro atoms. The summed E-state index contributed by atoms with van der Waals surface area (Å²) in [4.78, 5) is 42.7. The maximum Gasteiger partial charge on any atom is 0.439 e. The first-order valence-corrected chi connectivity index (χ1v) is 14.2. The van der Waals surface area contributed by atoms with E-state index in [4.69, 9.17) is 21.1 Å². The number of hydrogen-bond donors (Lipinski definition) is 2. The van der Waals surface area contributed by atoms with Gasteiger partial charge < -0.3 is 19.7 Å². The first-order valence-electron chi connectivity index (χ1n) is 13.0.